The van der Waals surface area contributed by atoms with E-state index in [2.05, 4.69) is 58.4 Å². The normalized spacial score (nSPS) is 16.3. The number of para-hydroxylation sites is 1. The van der Waals surface area contributed by atoms with Gasteiger partial charge in [0.25, 0.3) is 0 Å². The molecule has 1 aliphatic heterocycles. The standard InChI is InChI=1S/C20H30N6O/c1-16(2)14-18(19-21-15-22-24(19)3)23-20(27)26-11-7-10-25(12-13-26)17-8-5-4-6-9-17/h4-6,8-9,15-16,18H,7,10-14H2,1-3H3,(H,23,27)/t18-/m1/s1. The molecule has 0 saturated carbocycles. The van der Waals surface area contributed by atoms with E-state index in [1.165, 1.54) is 5.69 Å². The summed E-state index contributed by atoms with van der Waals surface area (Å²) in [5.74, 6) is 1.25. The first-order valence-corrected chi connectivity index (χ1v) is 9.74. The first-order chi connectivity index (χ1) is 13.0. The molecule has 1 atom stereocenters. The number of rotatable bonds is 5. The fraction of sp³-hybridized carbons (Fsp3) is 0.550. The third-order valence-corrected chi connectivity index (χ3v) is 4.97. The maximum atomic E-state index is 12.9. The fourth-order valence-corrected chi connectivity index (χ4v) is 3.58. The molecule has 0 spiro atoms. The van der Waals surface area contributed by atoms with Crippen molar-refractivity contribution in [3.8, 4) is 0 Å². The fourth-order valence-electron chi connectivity index (χ4n) is 3.58. The number of amides is 2. The summed E-state index contributed by atoms with van der Waals surface area (Å²) in [4.78, 5) is 21.6. The summed E-state index contributed by atoms with van der Waals surface area (Å²) in [6.07, 6.45) is 3.34. The van der Waals surface area contributed by atoms with E-state index in [0.29, 0.717) is 12.5 Å². The average molecular weight is 371 g/mol. The lowest BCUT2D eigenvalue weighted by atomic mass is 10.0. The highest BCUT2D eigenvalue weighted by atomic mass is 16.2. The van der Waals surface area contributed by atoms with Crippen LogP contribution in [0.25, 0.3) is 0 Å². The zero-order chi connectivity index (χ0) is 19.2. The van der Waals surface area contributed by atoms with Crippen molar-refractivity contribution in [1.82, 2.24) is 25.0 Å². The number of aromatic nitrogens is 3. The highest BCUT2D eigenvalue weighted by Gasteiger charge is 2.25. The molecule has 0 unspecified atom stereocenters. The molecule has 27 heavy (non-hydrogen) atoms. The minimum atomic E-state index is -0.126. The SMILES string of the molecule is CC(C)C[C@@H](NC(=O)N1CCCN(c2ccccc2)CC1)c1ncnn1C. The van der Waals surface area contributed by atoms with Crippen LogP contribution in [0.15, 0.2) is 36.7 Å². The van der Waals surface area contributed by atoms with Crippen molar-refractivity contribution in [2.75, 3.05) is 31.1 Å². The Labute approximate surface area is 161 Å². The summed E-state index contributed by atoms with van der Waals surface area (Å²) in [5, 5.41) is 7.35. The van der Waals surface area contributed by atoms with Crippen LogP contribution in [0.3, 0.4) is 0 Å². The summed E-state index contributed by atoms with van der Waals surface area (Å²) in [6.45, 7) is 7.59. The van der Waals surface area contributed by atoms with Gasteiger partial charge in [0.1, 0.15) is 12.2 Å². The quantitative estimate of drug-likeness (QED) is 0.879. The van der Waals surface area contributed by atoms with Crippen molar-refractivity contribution in [2.24, 2.45) is 13.0 Å². The Kier molecular flexibility index (Phi) is 6.32. The first-order valence-electron chi connectivity index (χ1n) is 9.74. The van der Waals surface area contributed by atoms with Gasteiger partial charge in [0.15, 0.2) is 0 Å². The molecule has 0 bridgehead atoms. The molecule has 1 N–H and O–H groups in total. The van der Waals surface area contributed by atoms with E-state index in [-0.39, 0.29) is 12.1 Å². The van der Waals surface area contributed by atoms with Gasteiger partial charge in [0, 0.05) is 38.9 Å². The highest BCUT2D eigenvalue weighted by Crippen LogP contribution is 2.20. The van der Waals surface area contributed by atoms with Crippen molar-refractivity contribution < 1.29 is 4.79 Å². The van der Waals surface area contributed by atoms with E-state index < -0.39 is 0 Å². The summed E-state index contributed by atoms with van der Waals surface area (Å²) in [7, 11) is 1.87. The van der Waals surface area contributed by atoms with Gasteiger partial charge in [-0.25, -0.2) is 9.78 Å². The Balaban J connectivity index is 1.63. The second kappa shape index (κ2) is 8.88. The molecule has 1 aliphatic rings. The molecule has 3 rings (SSSR count). The number of nitrogens with zero attached hydrogens (tertiary/aromatic N) is 5. The van der Waals surface area contributed by atoms with Crippen LogP contribution in [0.4, 0.5) is 10.5 Å². The molecule has 7 heteroatoms. The van der Waals surface area contributed by atoms with Gasteiger partial charge in [-0.3, -0.25) is 4.68 Å². The molecular formula is C20H30N6O. The number of benzene rings is 1. The largest absolute Gasteiger partial charge is 0.370 e. The minimum absolute atomic E-state index is 0.0152. The molecule has 2 aromatic rings. The van der Waals surface area contributed by atoms with Crippen LogP contribution in [0.1, 0.15) is 38.6 Å². The van der Waals surface area contributed by atoms with Crippen molar-refractivity contribution in [2.45, 2.75) is 32.7 Å². The van der Waals surface area contributed by atoms with Gasteiger partial charge in [-0.15, -0.1) is 0 Å². The Morgan fingerprint density at radius 1 is 1.15 bits per heavy atom. The zero-order valence-electron chi connectivity index (χ0n) is 16.5. The van der Waals surface area contributed by atoms with Crippen LogP contribution in [0.2, 0.25) is 0 Å². The zero-order valence-corrected chi connectivity index (χ0v) is 16.5. The Morgan fingerprint density at radius 3 is 2.59 bits per heavy atom. The topological polar surface area (TPSA) is 66.3 Å². The van der Waals surface area contributed by atoms with Crippen LogP contribution in [-0.4, -0.2) is 51.9 Å². The summed E-state index contributed by atoms with van der Waals surface area (Å²) in [5.41, 5.74) is 1.22. The summed E-state index contributed by atoms with van der Waals surface area (Å²) < 4.78 is 1.74. The van der Waals surface area contributed by atoms with Crippen molar-refractivity contribution in [3.63, 3.8) is 0 Å². The second-order valence-corrected chi connectivity index (χ2v) is 7.54. The number of hydrogen-bond acceptors (Lipinski definition) is 4. The Morgan fingerprint density at radius 2 is 1.93 bits per heavy atom. The molecule has 2 amide bonds. The molecule has 1 aromatic carbocycles. The number of aryl methyl sites for hydroxylation is 1. The van der Waals surface area contributed by atoms with Gasteiger partial charge < -0.3 is 15.1 Å². The molecule has 1 aromatic heterocycles. The van der Waals surface area contributed by atoms with Gasteiger partial charge in [0.2, 0.25) is 0 Å². The average Bonchev–Trinajstić information content (AvgIpc) is 2.92. The number of carbonyl (C=O) groups is 1. The summed E-state index contributed by atoms with van der Waals surface area (Å²) in [6, 6.07) is 10.3. The number of urea groups is 1. The lowest BCUT2D eigenvalue weighted by Crippen LogP contribution is -2.44. The lowest BCUT2D eigenvalue weighted by molar-refractivity contribution is 0.194. The number of anilines is 1. The van der Waals surface area contributed by atoms with E-state index in [4.69, 9.17) is 0 Å². The molecular weight excluding hydrogens is 340 g/mol. The molecule has 146 valence electrons. The van der Waals surface area contributed by atoms with E-state index in [9.17, 15) is 4.79 Å². The van der Waals surface area contributed by atoms with E-state index in [1.807, 2.05) is 18.0 Å². The first kappa shape index (κ1) is 19.2. The minimum Gasteiger partial charge on any atom is -0.370 e. The molecule has 2 heterocycles. The molecule has 7 nitrogen and oxygen atoms in total. The number of carbonyl (C=O) groups excluding carboxylic acids is 1. The predicted octanol–water partition coefficient (Wildman–Crippen LogP) is 2.82. The van der Waals surface area contributed by atoms with E-state index in [0.717, 1.165) is 38.3 Å². The third-order valence-electron chi connectivity index (χ3n) is 4.97. The molecule has 0 radical (unpaired) electrons. The van der Waals surface area contributed by atoms with Gasteiger partial charge in [-0.1, -0.05) is 32.0 Å². The predicted molar refractivity (Wildman–Crippen MR) is 107 cm³/mol. The highest BCUT2D eigenvalue weighted by molar-refractivity contribution is 5.74. The van der Waals surface area contributed by atoms with Gasteiger partial charge in [0.05, 0.1) is 6.04 Å². The molecule has 0 aliphatic carbocycles. The third kappa shape index (κ3) is 4.99. The maximum absolute atomic E-state index is 12.9. The molecule has 1 fully saturated rings. The lowest BCUT2D eigenvalue weighted by Gasteiger charge is -2.26. The monoisotopic (exact) mass is 370 g/mol. The van der Waals surface area contributed by atoms with Crippen LogP contribution < -0.4 is 10.2 Å². The smallest absolute Gasteiger partial charge is 0.318 e. The van der Waals surface area contributed by atoms with Crippen LogP contribution in [-0.2, 0) is 7.05 Å². The van der Waals surface area contributed by atoms with Crippen molar-refractivity contribution in [1.29, 1.82) is 0 Å². The van der Waals surface area contributed by atoms with Crippen molar-refractivity contribution in [3.05, 3.63) is 42.5 Å². The number of nitrogens with one attached hydrogen (secondary N) is 1. The van der Waals surface area contributed by atoms with Crippen LogP contribution in [0, 0.1) is 5.92 Å². The van der Waals surface area contributed by atoms with E-state index in [1.54, 1.807) is 11.0 Å². The van der Waals surface area contributed by atoms with Gasteiger partial charge >= 0.3 is 6.03 Å². The number of hydrogen-bond donors (Lipinski definition) is 1. The van der Waals surface area contributed by atoms with Crippen LogP contribution in [0.5, 0.6) is 0 Å². The van der Waals surface area contributed by atoms with E-state index >= 15 is 0 Å². The van der Waals surface area contributed by atoms with Crippen LogP contribution >= 0.6 is 0 Å². The van der Waals surface area contributed by atoms with Crippen molar-refractivity contribution >= 4 is 11.7 Å². The van der Waals surface area contributed by atoms with Gasteiger partial charge in [-0.2, -0.15) is 5.10 Å². The second-order valence-electron chi connectivity index (χ2n) is 7.54. The maximum Gasteiger partial charge on any atom is 0.318 e. The van der Waals surface area contributed by atoms with Gasteiger partial charge in [-0.05, 0) is 30.9 Å². The summed E-state index contributed by atoms with van der Waals surface area (Å²) >= 11 is 0. The molecule has 1 saturated heterocycles. The Hall–Kier alpha value is -2.57. The Bertz CT molecular complexity index is 729.